The molecule has 5 aromatic carbocycles. The Morgan fingerprint density at radius 3 is 1.63 bits per heavy atom. The monoisotopic (exact) mass is 512 g/mol. The van der Waals surface area contributed by atoms with Crippen molar-refractivity contribution in [1.82, 2.24) is 9.97 Å². The predicted octanol–water partition coefficient (Wildman–Crippen LogP) is 6.83. The Morgan fingerprint density at radius 2 is 1.00 bits per heavy atom. The number of ether oxygens (including phenoxy) is 2. The molecule has 0 N–H and O–H groups in total. The lowest BCUT2D eigenvalue weighted by Crippen LogP contribution is -2.25. The molecule has 0 radical (unpaired) electrons. The Labute approximate surface area is 219 Å². The van der Waals surface area contributed by atoms with Gasteiger partial charge >= 0.3 is 0 Å². The molecule has 0 saturated heterocycles. The summed E-state index contributed by atoms with van der Waals surface area (Å²) >= 11 is 0. The minimum atomic E-state index is -3.09. The van der Waals surface area contributed by atoms with E-state index >= 15 is 0 Å². The number of aromatic nitrogens is 2. The van der Waals surface area contributed by atoms with Gasteiger partial charge in [-0.1, -0.05) is 97.1 Å². The maximum absolute atomic E-state index is 14.8. The van der Waals surface area contributed by atoms with Gasteiger partial charge in [-0.05, 0) is 41.5 Å². The van der Waals surface area contributed by atoms with E-state index < -0.39 is 7.14 Å². The van der Waals surface area contributed by atoms with Crippen LogP contribution in [-0.2, 0) is 4.57 Å². The van der Waals surface area contributed by atoms with Gasteiger partial charge in [-0.2, -0.15) is 0 Å². The SMILES string of the molecule is O=P(c1ccccc1)(c1ccccc1)c1cccc(-c2ccc3c(c2)Oc2nc4ccccc4nc2O3)c1. The van der Waals surface area contributed by atoms with Crippen LogP contribution in [0.5, 0.6) is 23.3 Å². The van der Waals surface area contributed by atoms with E-state index in [1.807, 2.05) is 127 Å². The lowest BCUT2D eigenvalue weighted by molar-refractivity contribution is 0.339. The topological polar surface area (TPSA) is 61.3 Å². The Balaban J connectivity index is 1.30. The van der Waals surface area contributed by atoms with E-state index in [-0.39, 0.29) is 0 Å². The Kier molecular flexibility index (Phi) is 5.31. The molecule has 0 spiro atoms. The van der Waals surface area contributed by atoms with Gasteiger partial charge in [0.1, 0.15) is 0 Å². The third-order valence-corrected chi connectivity index (χ3v) is 9.70. The summed E-state index contributed by atoms with van der Waals surface area (Å²) in [4.78, 5) is 9.13. The summed E-state index contributed by atoms with van der Waals surface area (Å²) in [5.74, 6) is 1.80. The summed E-state index contributed by atoms with van der Waals surface area (Å²) in [6, 6.07) is 40.6. The number of rotatable bonds is 4. The lowest BCUT2D eigenvalue weighted by Gasteiger charge is -2.21. The van der Waals surface area contributed by atoms with Gasteiger partial charge in [0, 0.05) is 15.9 Å². The summed E-state index contributed by atoms with van der Waals surface area (Å²) in [6.07, 6.45) is 0. The van der Waals surface area contributed by atoms with Crippen molar-refractivity contribution < 1.29 is 14.0 Å². The molecule has 5 nitrogen and oxygen atoms in total. The Morgan fingerprint density at radius 1 is 0.474 bits per heavy atom. The van der Waals surface area contributed by atoms with Crippen molar-refractivity contribution in [3.8, 4) is 34.4 Å². The van der Waals surface area contributed by atoms with Crippen molar-refractivity contribution in [2.24, 2.45) is 0 Å². The van der Waals surface area contributed by atoms with E-state index in [2.05, 4.69) is 9.97 Å². The fraction of sp³-hybridized carbons (Fsp3) is 0. The van der Waals surface area contributed by atoms with Crippen LogP contribution < -0.4 is 25.4 Å². The highest BCUT2D eigenvalue weighted by Crippen LogP contribution is 2.46. The van der Waals surface area contributed by atoms with Gasteiger partial charge in [-0.3, -0.25) is 0 Å². The van der Waals surface area contributed by atoms with Crippen LogP contribution in [0.4, 0.5) is 0 Å². The lowest BCUT2D eigenvalue weighted by atomic mass is 10.1. The largest absolute Gasteiger partial charge is 0.431 e. The molecule has 0 fully saturated rings. The van der Waals surface area contributed by atoms with Gasteiger partial charge in [0.15, 0.2) is 18.6 Å². The molecule has 1 aliphatic rings. The summed E-state index contributed by atoms with van der Waals surface area (Å²) in [7, 11) is -3.09. The third-order valence-electron chi connectivity index (χ3n) is 6.65. The smallest absolute Gasteiger partial charge is 0.284 e. The molecular weight excluding hydrogens is 491 g/mol. The zero-order valence-corrected chi connectivity index (χ0v) is 21.1. The molecule has 38 heavy (non-hydrogen) atoms. The number of nitrogens with zero attached hydrogens (tertiary/aromatic N) is 2. The molecule has 6 heteroatoms. The first-order valence-electron chi connectivity index (χ1n) is 12.3. The molecule has 0 saturated carbocycles. The van der Waals surface area contributed by atoms with Crippen LogP contribution in [0.3, 0.4) is 0 Å². The highest BCUT2D eigenvalue weighted by Gasteiger charge is 2.30. The van der Waals surface area contributed by atoms with Gasteiger partial charge < -0.3 is 14.0 Å². The molecular formula is C32H21N2O3P. The van der Waals surface area contributed by atoms with Crippen LogP contribution in [0.15, 0.2) is 127 Å². The molecule has 0 unspecified atom stereocenters. The highest BCUT2D eigenvalue weighted by molar-refractivity contribution is 7.85. The van der Waals surface area contributed by atoms with Crippen molar-refractivity contribution in [3.05, 3.63) is 127 Å². The summed E-state index contributed by atoms with van der Waals surface area (Å²) in [5.41, 5.74) is 3.32. The van der Waals surface area contributed by atoms with Crippen molar-refractivity contribution in [2.75, 3.05) is 0 Å². The molecule has 7 rings (SSSR count). The summed E-state index contributed by atoms with van der Waals surface area (Å²) in [6.45, 7) is 0. The van der Waals surface area contributed by atoms with Crippen LogP contribution in [0.1, 0.15) is 0 Å². The Bertz CT molecular complexity index is 1810. The van der Waals surface area contributed by atoms with Gasteiger partial charge in [0.25, 0.3) is 11.8 Å². The van der Waals surface area contributed by atoms with Gasteiger partial charge in [0.2, 0.25) is 0 Å². The zero-order valence-electron chi connectivity index (χ0n) is 20.2. The van der Waals surface area contributed by atoms with E-state index in [0.717, 1.165) is 38.1 Å². The second-order valence-electron chi connectivity index (χ2n) is 9.02. The molecule has 6 aromatic rings. The average Bonchev–Trinajstić information content (AvgIpc) is 2.99. The first-order valence-corrected chi connectivity index (χ1v) is 14.0. The van der Waals surface area contributed by atoms with Crippen molar-refractivity contribution in [3.63, 3.8) is 0 Å². The minimum absolute atomic E-state index is 0.333. The van der Waals surface area contributed by atoms with Crippen molar-refractivity contribution >= 4 is 34.1 Å². The number of hydrogen-bond acceptors (Lipinski definition) is 5. The second-order valence-corrected chi connectivity index (χ2v) is 11.8. The fourth-order valence-electron chi connectivity index (χ4n) is 4.77. The van der Waals surface area contributed by atoms with Crippen LogP contribution in [-0.4, -0.2) is 9.97 Å². The summed E-state index contributed by atoms with van der Waals surface area (Å²) in [5, 5.41) is 2.37. The van der Waals surface area contributed by atoms with E-state index in [4.69, 9.17) is 9.47 Å². The number of benzene rings is 5. The molecule has 0 aliphatic carbocycles. The number of fused-ring (bicyclic) bond motifs is 3. The van der Waals surface area contributed by atoms with Crippen LogP contribution in [0.2, 0.25) is 0 Å². The maximum Gasteiger partial charge on any atom is 0.284 e. The Hall–Kier alpha value is -4.73. The average molecular weight is 513 g/mol. The highest BCUT2D eigenvalue weighted by atomic mass is 31.2. The van der Waals surface area contributed by atoms with E-state index in [1.165, 1.54) is 0 Å². The molecule has 0 atom stereocenters. The second kappa shape index (κ2) is 8.98. The van der Waals surface area contributed by atoms with Gasteiger partial charge in [0.05, 0.1) is 11.0 Å². The molecule has 1 aromatic heterocycles. The molecule has 182 valence electrons. The summed E-state index contributed by atoms with van der Waals surface area (Å²) < 4.78 is 27.0. The van der Waals surface area contributed by atoms with Gasteiger partial charge in [-0.25, -0.2) is 9.97 Å². The number of para-hydroxylation sites is 2. The fourth-order valence-corrected chi connectivity index (χ4v) is 7.46. The quantitative estimate of drug-likeness (QED) is 0.242. The minimum Gasteiger partial charge on any atom is -0.431 e. The van der Waals surface area contributed by atoms with E-state index in [0.29, 0.717) is 23.3 Å². The molecule has 2 heterocycles. The maximum atomic E-state index is 14.8. The van der Waals surface area contributed by atoms with Gasteiger partial charge in [-0.15, -0.1) is 0 Å². The van der Waals surface area contributed by atoms with Crippen molar-refractivity contribution in [2.45, 2.75) is 0 Å². The first kappa shape index (κ1) is 22.5. The zero-order chi connectivity index (χ0) is 25.5. The molecule has 1 aliphatic heterocycles. The predicted molar refractivity (Wildman–Crippen MR) is 151 cm³/mol. The van der Waals surface area contributed by atoms with E-state index in [1.54, 1.807) is 0 Å². The van der Waals surface area contributed by atoms with Crippen LogP contribution in [0.25, 0.3) is 22.2 Å². The third kappa shape index (κ3) is 3.76. The normalized spacial score (nSPS) is 12.2. The standard InChI is InChI=1S/C32H21N2O3P/c35-38(24-11-3-1-4-12-24,25-13-5-2-6-14-25)26-15-9-10-22(20-26)23-18-19-29-30(21-23)37-32-31(36-29)33-27-16-7-8-17-28(27)34-32/h1-21H. The van der Waals surface area contributed by atoms with Crippen LogP contribution >= 0.6 is 7.14 Å². The van der Waals surface area contributed by atoms with Crippen molar-refractivity contribution in [1.29, 1.82) is 0 Å². The van der Waals surface area contributed by atoms with Crippen LogP contribution in [0, 0.1) is 0 Å². The molecule has 0 bridgehead atoms. The first-order chi connectivity index (χ1) is 18.7. The van der Waals surface area contributed by atoms with E-state index in [9.17, 15) is 4.57 Å². The number of hydrogen-bond donors (Lipinski definition) is 0. The molecule has 0 amide bonds.